The summed E-state index contributed by atoms with van der Waals surface area (Å²) in [6.07, 6.45) is 0. The van der Waals surface area contributed by atoms with Gasteiger partial charge in [-0.15, -0.1) is 11.8 Å². The zero-order valence-electron chi connectivity index (χ0n) is 11.6. The van der Waals surface area contributed by atoms with E-state index in [9.17, 15) is 0 Å². The lowest BCUT2D eigenvalue weighted by molar-refractivity contribution is 0.414. The van der Waals surface area contributed by atoms with Gasteiger partial charge in [-0.3, -0.25) is 0 Å². The predicted molar refractivity (Wildman–Crippen MR) is 87.0 cm³/mol. The van der Waals surface area contributed by atoms with E-state index in [-0.39, 0.29) is 0 Å². The number of halogens is 1. The van der Waals surface area contributed by atoms with Crippen molar-refractivity contribution in [3.05, 3.63) is 59.1 Å². The van der Waals surface area contributed by atoms with Crippen molar-refractivity contribution in [1.82, 2.24) is 5.32 Å². The summed E-state index contributed by atoms with van der Waals surface area (Å²) in [5.74, 6) is 1.83. The molecule has 1 N–H and O–H groups in total. The number of benzene rings is 2. The zero-order valence-corrected chi connectivity index (χ0v) is 13.2. The molecule has 0 saturated carbocycles. The van der Waals surface area contributed by atoms with E-state index in [0.29, 0.717) is 6.04 Å². The van der Waals surface area contributed by atoms with Crippen LogP contribution in [-0.2, 0) is 0 Å². The summed E-state index contributed by atoms with van der Waals surface area (Å²) in [6.45, 7) is 0. The van der Waals surface area contributed by atoms with Gasteiger partial charge in [-0.1, -0.05) is 29.8 Å². The summed E-state index contributed by atoms with van der Waals surface area (Å²) in [7, 11) is 3.66. The van der Waals surface area contributed by atoms with Gasteiger partial charge < -0.3 is 10.1 Å². The highest BCUT2D eigenvalue weighted by molar-refractivity contribution is 7.99. The van der Waals surface area contributed by atoms with Crippen molar-refractivity contribution in [2.24, 2.45) is 0 Å². The van der Waals surface area contributed by atoms with Crippen LogP contribution in [0.3, 0.4) is 0 Å². The first kappa shape index (κ1) is 15.2. The Bertz CT molecular complexity index is 544. The molecule has 106 valence electrons. The summed E-state index contributed by atoms with van der Waals surface area (Å²) < 4.78 is 5.18. The van der Waals surface area contributed by atoms with E-state index in [1.54, 1.807) is 18.9 Å². The molecule has 2 nitrogen and oxygen atoms in total. The molecule has 1 atom stereocenters. The second-order valence-electron chi connectivity index (χ2n) is 4.38. The molecule has 0 aliphatic carbocycles. The summed E-state index contributed by atoms with van der Waals surface area (Å²) in [6, 6.07) is 16.4. The average Bonchev–Trinajstić information content (AvgIpc) is 2.48. The maximum Gasteiger partial charge on any atom is 0.118 e. The number of nitrogens with one attached hydrogen (secondary N) is 1. The molecule has 4 heteroatoms. The zero-order chi connectivity index (χ0) is 14.4. The topological polar surface area (TPSA) is 21.3 Å². The lowest BCUT2D eigenvalue weighted by Crippen LogP contribution is -2.18. The maximum atomic E-state index is 6.00. The summed E-state index contributed by atoms with van der Waals surface area (Å²) >= 11 is 7.80. The van der Waals surface area contributed by atoms with E-state index in [0.717, 1.165) is 16.5 Å². The third-order valence-corrected chi connectivity index (χ3v) is 4.40. The minimum atomic E-state index is 0.296. The Morgan fingerprint density at radius 1 is 1.20 bits per heavy atom. The molecular formula is C16H18ClNOS. The molecule has 0 aliphatic heterocycles. The first-order chi connectivity index (χ1) is 9.72. The van der Waals surface area contributed by atoms with E-state index in [4.69, 9.17) is 16.3 Å². The highest BCUT2D eigenvalue weighted by atomic mass is 35.5. The Morgan fingerprint density at radius 2 is 1.95 bits per heavy atom. The maximum absolute atomic E-state index is 6.00. The molecule has 0 saturated heterocycles. The van der Waals surface area contributed by atoms with Crippen molar-refractivity contribution in [3.8, 4) is 5.75 Å². The molecule has 1 unspecified atom stereocenters. The van der Waals surface area contributed by atoms with Crippen LogP contribution < -0.4 is 10.1 Å². The van der Waals surface area contributed by atoms with Crippen LogP contribution in [0.15, 0.2) is 53.4 Å². The monoisotopic (exact) mass is 307 g/mol. The van der Waals surface area contributed by atoms with Gasteiger partial charge in [0.05, 0.1) is 7.11 Å². The number of hydrogen-bond acceptors (Lipinski definition) is 3. The van der Waals surface area contributed by atoms with Crippen LogP contribution in [0.1, 0.15) is 11.6 Å². The fourth-order valence-electron chi connectivity index (χ4n) is 1.92. The first-order valence-electron chi connectivity index (χ1n) is 6.42. The van der Waals surface area contributed by atoms with Gasteiger partial charge in [0.1, 0.15) is 5.75 Å². The quantitative estimate of drug-likeness (QED) is 0.799. The van der Waals surface area contributed by atoms with Crippen molar-refractivity contribution in [2.45, 2.75) is 10.9 Å². The van der Waals surface area contributed by atoms with Crippen molar-refractivity contribution < 1.29 is 4.74 Å². The Morgan fingerprint density at radius 3 is 2.55 bits per heavy atom. The molecule has 2 aromatic rings. The van der Waals surface area contributed by atoms with Gasteiger partial charge in [0.2, 0.25) is 0 Å². The lowest BCUT2D eigenvalue weighted by atomic mass is 10.1. The molecular weight excluding hydrogens is 290 g/mol. The Balaban J connectivity index is 2.01. The minimum absolute atomic E-state index is 0.296. The first-order valence-corrected chi connectivity index (χ1v) is 7.79. The van der Waals surface area contributed by atoms with Gasteiger partial charge in [0.15, 0.2) is 0 Å². The van der Waals surface area contributed by atoms with Crippen LogP contribution >= 0.6 is 23.4 Å². The van der Waals surface area contributed by atoms with Crippen LogP contribution in [0.25, 0.3) is 0 Å². The Labute approximate surface area is 129 Å². The average molecular weight is 308 g/mol. The summed E-state index contributed by atoms with van der Waals surface area (Å²) in [5, 5.41) is 4.12. The molecule has 0 radical (unpaired) electrons. The van der Waals surface area contributed by atoms with Gasteiger partial charge in [-0.05, 0) is 42.9 Å². The van der Waals surface area contributed by atoms with Crippen molar-refractivity contribution in [3.63, 3.8) is 0 Å². The largest absolute Gasteiger partial charge is 0.497 e. The number of thioether (sulfide) groups is 1. The van der Waals surface area contributed by atoms with Crippen LogP contribution in [0.2, 0.25) is 5.02 Å². The predicted octanol–water partition coefficient (Wildman–Crippen LogP) is 4.40. The Kier molecular flexibility index (Phi) is 5.77. The van der Waals surface area contributed by atoms with Crippen molar-refractivity contribution in [2.75, 3.05) is 19.9 Å². The van der Waals surface area contributed by atoms with Crippen molar-refractivity contribution in [1.29, 1.82) is 0 Å². The van der Waals surface area contributed by atoms with Crippen LogP contribution in [0, 0.1) is 0 Å². The molecule has 0 amide bonds. The molecule has 2 rings (SSSR count). The van der Waals surface area contributed by atoms with Crippen LogP contribution in [-0.4, -0.2) is 19.9 Å². The smallest absolute Gasteiger partial charge is 0.118 e. The van der Waals surface area contributed by atoms with Crippen molar-refractivity contribution >= 4 is 23.4 Å². The molecule has 0 bridgehead atoms. The van der Waals surface area contributed by atoms with Gasteiger partial charge in [0.25, 0.3) is 0 Å². The van der Waals surface area contributed by atoms with Gasteiger partial charge >= 0.3 is 0 Å². The normalized spacial score (nSPS) is 12.2. The van der Waals surface area contributed by atoms with E-state index in [1.807, 2.05) is 37.4 Å². The van der Waals surface area contributed by atoms with E-state index in [2.05, 4.69) is 23.5 Å². The fraction of sp³-hybridized carbons (Fsp3) is 0.250. The fourth-order valence-corrected chi connectivity index (χ4v) is 3.28. The molecule has 0 heterocycles. The minimum Gasteiger partial charge on any atom is -0.497 e. The second-order valence-corrected chi connectivity index (χ2v) is 5.91. The van der Waals surface area contributed by atoms with Crippen LogP contribution in [0.5, 0.6) is 5.75 Å². The SMILES string of the molecule is CNC(CSc1cccc(Cl)c1)c1ccc(OC)cc1. The molecule has 0 aliphatic rings. The molecule has 2 aromatic carbocycles. The molecule has 20 heavy (non-hydrogen) atoms. The highest BCUT2D eigenvalue weighted by Gasteiger charge is 2.10. The van der Waals surface area contributed by atoms with E-state index < -0.39 is 0 Å². The molecule has 0 fully saturated rings. The van der Waals surface area contributed by atoms with Crippen LogP contribution in [0.4, 0.5) is 0 Å². The third-order valence-electron chi connectivity index (χ3n) is 3.08. The van der Waals surface area contributed by atoms with Gasteiger partial charge in [-0.2, -0.15) is 0 Å². The number of methoxy groups -OCH3 is 1. The number of rotatable bonds is 6. The van der Waals surface area contributed by atoms with E-state index >= 15 is 0 Å². The highest BCUT2D eigenvalue weighted by Crippen LogP contribution is 2.27. The summed E-state index contributed by atoms with van der Waals surface area (Å²) in [5.41, 5.74) is 1.25. The van der Waals surface area contributed by atoms with Gasteiger partial charge in [0, 0.05) is 21.7 Å². The molecule has 0 aromatic heterocycles. The number of ether oxygens (including phenoxy) is 1. The van der Waals surface area contributed by atoms with E-state index in [1.165, 1.54) is 10.5 Å². The second kappa shape index (κ2) is 7.58. The lowest BCUT2D eigenvalue weighted by Gasteiger charge is -2.16. The van der Waals surface area contributed by atoms with Gasteiger partial charge in [-0.25, -0.2) is 0 Å². The molecule has 0 spiro atoms. The summed E-state index contributed by atoms with van der Waals surface area (Å²) in [4.78, 5) is 1.19. The number of hydrogen-bond donors (Lipinski definition) is 1. The third kappa shape index (κ3) is 4.17. The Hall–Kier alpha value is -1.16. The standard InChI is InChI=1S/C16H18ClNOS/c1-18-16(12-6-8-14(19-2)9-7-12)11-20-15-5-3-4-13(17)10-15/h3-10,16,18H,11H2,1-2H3.